The lowest BCUT2D eigenvalue weighted by atomic mass is 10.1. The third-order valence-corrected chi connectivity index (χ3v) is 2.04. The molecule has 0 saturated heterocycles. The van der Waals surface area contributed by atoms with Gasteiger partial charge in [0.2, 0.25) is 0 Å². The van der Waals surface area contributed by atoms with Crippen molar-refractivity contribution in [3.8, 4) is 0 Å². The van der Waals surface area contributed by atoms with E-state index in [1.807, 2.05) is 5.32 Å². The van der Waals surface area contributed by atoms with E-state index >= 15 is 0 Å². The maximum Gasteiger partial charge on any atom is 0.416 e. The van der Waals surface area contributed by atoms with E-state index in [0.717, 1.165) is 0 Å². The first-order valence-corrected chi connectivity index (χ1v) is 4.86. The molecule has 0 fully saturated rings. The summed E-state index contributed by atoms with van der Waals surface area (Å²) in [5.74, 6) is -2.53. The second kappa shape index (κ2) is 5.16. The van der Waals surface area contributed by atoms with Crippen LogP contribution in [0.1, 0.15) is 22.8 Å². The summed E-state index contributed by atoms with van der Waals surface area (Å²) in [7, 11) is 0. The van der Waals surface area contributed by atoms with Crippen molar-refractivity contribution in [2.24, 2.45) is 0 Å². The summed E-state index contributed by atoms with van der Waals surface area (Å²) in [6, 6.07) is 1.51. The van der Waals surface area contributed by atoms with Crippen molar-refractivity contribution in [1.82, 2.24) is 5.32 Å². The minimum atomic E-state index is -4.66. The van der Waals surface area contributed by atoms with Crippen LogP contribution in [0.25, 0.3) is 0 Å². The Bertz CT molecular complexity index is 482. The zero-order chi connectivity index (χ0) is 13.9. The van der Waals surface area contributed by atoms with Crippen LogP contribution in [0.15, 0.2) is 18.2 Å². The third-order valence-electron chi connectivity index (χ3n) is 2.04. The lowest BCUT2D eigenvalue weighted by Gasteiger charge is -2.09. The smallest absolute Gasteiger partial charge is 0.345 e. The summed E-state index contributed by atoms with van der Waals surface area (Å²) >= 11 is 0. The highest BCUT2D eigenvalue weighted by atomic mass is 19.4. The van der Waals surface area contributed by atoms with Crippen LogP contribution < -0.4 is 5.32 Å². The molecular formula is C11H9F4NO2. The van der Waals surface area contributed by atoms with Crippen molar-refractivity contribution >= 4 is 11.7 Å². The number of hydrogen-bond donors (Lipinski definition) is 1. The Morgan fingerprint density at radius 3 is 2.39 bits per heavy atom. The highest BCUT2D eigenvalue weighted by Gasteiger charge is 2.31. The standard InChI is InChI=1S/C11H9F4NO2/c1-6(17)5-16-10(18)8-4-7(11(13,14)15)2-3-9(8)12/h2-4H,5H2,1H3,(H,16,18). The molecule has 0 radical (unpaired) electrons. The van der Waals surface area contributed by atoms with Gasteiger partial charge in [0.15, 0.2) is 0 Å². The number of benzene rings is 1. The fourth-order valence-corrected chi connectivity index (χ4v) is 1.18. The van der Waals surface area contributed by atoms with Crippen molar-refractivity contribution in [2.75, 3.05) is 6.54 Å². The molecule has 0 heterocycles. The van der Waals surface area contributed by atoms with E-state index in [1.165, 1.54) is 6.92 Å². The van der Waals surface area contributed by atoms with Crippen LogP contribution in [0.3, 0.4) is 0 Å². The van der Waals surface area contributed by atoms with E-state index in [9.17, 15) is 27.2 Å². The fraction of sp³-hybridized carbons (Fsp3) is 0.273. The van der Waals surface area contributed by atoms with Gasteiger partial charge in [-0.05, 0) is 25.1 Å². The van der Waals surface area contributed by atoms with Crippen LogP contribution >= 0.6 is 0 Å². The van der Waals surface area contributed by atoms with Gasteiger partial charge in [-0.2, -0.15) is 13.2 Å². The molecule has 98 valence electrons. The van der Waals surface area contributed by atoms with Crippen molar-refractivity contribution in [3.05, 3.63) is 35.1 Å². The minimum absolute atomic E-state index is 0.367. The molecule has 1 N–H and O–H groups in total. The van der Waals surface area contributed by atoms with Crippen molar-refractivity contribution < 1.29 is 27.2 Å². The number of carbonyl (C=O) groups is 2. The van der Waals surface area contributed by atoms with Crippen LogP contribution in [-0.4, -0.2) is 18.2 Å². The Hall–Kier alpha value is -1.92. The van der Waals surface area contributed by atoms with E-state index in [0.29, 0.717) is 18.2 Å². The molecule has 0 atom stereocenters. The van der Waals surface area contributed by atoms with Gasteiger partial charge < -0.3 is 5.32 Å². The Morgan fingerprint density at radius 1 is 1.28 bits per heavy atom. The average Bonchev–Trinajstić information content (AvgIpc) is 2.24. The molecule has 3 nitrogen and oxygen atoms in total. The molecule has 1 aromatic carbocycles. The third kappa shape index (κ3) is 3.54. The lowest BCUT2D eigenvalue weighted by molar-refractivity contribution is -0.137. The SMILES string of the molecule is CC(=O)CNC(=O)c1cc(C(F)(F)F)ccc1F. The van der Waals surface area contributed by atoms with Crippen LogP contribution in [0.5, 0.6) is 0 Å². The molecule has 1 aromatic rings. The molecule has 0 saturated carbocycles. The quantitative estimate of drug-likeness (QED) is 0.849. The van der Waals surface area contributed by atoms with Crippen LogP contribution in [0, 0.1) is 5.82 Å². The number of hydrogen-bond acceptors (Lipinski definition) is 2. The van der Waals surface area contributed by atoms with E-state index < -0.39 is 34.8 Å². The molecule has 0 aliphatic heterocycles. The topological polar surface area (TPSA) is 46.2 Å². The predicted molar refractivity (Wildman–Crippen MR) is 54.4 cm³/mol. The molecular weight excluding hydrogens is 254 g/mol. The second-order valence-corrected chi connectivity index (χ2v) is 3.58. The molecule has 0 bridgehead atoms. The maximum atomic E-state index is 13.2. The summed E-state index contributed by atoms with van der Waals surface area (Å²) in [5.41, 5.74) is -1.87. The number of carbonyl (C=O) groups excluding carboxylic acids is 2. The summed E-state index contributed by atoms with van der Waals surface area (Å²) in [5, 5.41) is 2.02. The molecule has 0 unspecified atom stereocenters. The number of rotatable bonds is 3. The second-order valence-electron chi connectivity index (χ2n) is 3.58. The number of amides is 1. The number of Topliss-reactive ketones (excluding diaryl/α,β-unsaturated/α-hetero) is 1. The number of nitrogens with one attached hydrogen (secondary N) is 1. The van der Waals surface area contributed by atoms with Crippen molar-refractivity contribution in [1.29, 1.82) is 0 Å². The highest BCUT2D eigenvalue weighted by molar-refractivity contribution is 5.96. The normalized spacial score (nSPS) is 11.2. The first kappa shape index (κ1) is 14.1. The predicted octanol–water partition coefficient (Wildman–Crippen LogP) is 2.16. The largest absolute Gasteiger partial charge is 0.416 e. The molecule has 1 rings (SSSR count). The van der Waals surface area contributed by atoms with Crippen molar-refractivity contribution in [3.63, 3.8) is 0 Å². The summed E-state index contributed by atoms with van der Waals surface area (Å²) in [6.45, 7) is 0.817. The summed E-state index contributed by atoms with van der Waals surface area (Å²) in [4.78, 5) is 22.0. The van der Waals surface area contributed by atoms with Gasteiger partial charge >= 0.3 is 6.18 Å². The van der Waals surface area contributed by atoms with E-state index in [2.05, 4.69) is 0 Å². The van der Waals surface area contributed by atoms with Gasteiger partial charge in [-0.15, -0.1) is 0 Å². The first-order valence-electron chi connectivity index (χ1n) is 4.86. The van der Waals surface area contributed by atoms with Gasteiger partial charge in [0.1, 0.15) is 11.6 Å². The molecule has 0 aliphatic carbocycles. The Balaban J connectivity index is 3.01. The van der Waals surface area contributed by atoms with E-state index in [1.54, 1.807) is 0 Å². The first-order chi connectivity index (χ1) is 8.21. The van der Waals surface area contributed by atoms with Gasteiger partial charge in [-0.25, -0.2) is 4.39 Å². The summed E-state index contributed by atoms with van der Waals surface area (Å²) in [6.07, 6.45) is -4.66. The van der Waals surface area contributed by atoms with Gasteiger partial charge in [-0.3, -0.25) is 9.59 Å². The van der Waals surface area contributed by atoms with Gasteiger partial charge in [0.05, 0.1) is 17.7 Å². The van der Waals surface area contributed by atoms with Crippen molar-refractivity contribution in [2.45, 2.75) is 13.1 Å². The Kier molecular flexibility index (Phi) is 4.05. The van der Waals surface area contributed by atoms with Gasteiger partial charge in [0.25, 0.3) is 5.91 Å². The zero-order valence-electron chi connectivity index (χ0n) is 9.27. The monoisotopic (exact) mass is 263 g/mol. The molecule has 0 aliphatic rings. The fourth-order valence-electron chi connectivity index (χ4n) is 1.18. The number of halogens is 4. The molecule has 18 heavy (non-hydrogen) atoms. The maximum absolute atomic E-state index is 13.2. The summed E-state index contributed by atoms with van der Waals surface area (Å²) < 4.78 is 50.3. The average molecular weight is 263 g/mol. The lowest BCUT2D eigenvalue weighted by Crippen LogP contribution is -2.29. The highest BCUT2D eigenvalue weighted by Crippen LogP contribution is 2.30. The molecule has 0 aromatic heterocycles. The van der Waals surface area contributed by atoms with Gasteiger partial charge in [0, 0.05) is 0 Å². The van der Waals surface area contributed by atoms with Crippen LogP contribution in [0.4, 0.5) is 17.6 Å². The molecule has 1 amide bonds. The van der Waals surface area contributed by atoms with Crippen LogP contribution in [0.2, 0.25) is 0 Å². The Morgan fingerprint density at radius 2 is 1.89 bits per heavy atom. The number of alkyl halides is 3. The van der Waals surface area contributed by atoms with Crippen LogP contribution in [-0.2, 0) is 11.0 Å². The molecule has 7 heteroatoms. The Labute approximate surface area is 99.8 Å². The van der Waals surface area contributed by atoms with E-state index in [-0.39, 0.29) is 6.54 Å². The molecule has 0 spiro atoms. The minimum Gasteiger partial charge on any atom is -0.345 e. The number of ketones is 1. The van der Waals surface area contributed by atoms with Gasteiger partial charge in [-0.1, -0.05) is 0 Å². The zero-order valence-corrected chi connectivity index (χ0v) is 9.27. The van der Waals surface area contributed by atoms with E-state index in [4.69, 9.17) is 0 Å².